The number of aliphatic hydroxyl groups is 1. The maximum atomic E-state index is 11.8. The summed E-state index contributed by atoms with van der Waals surface area (Å²) in [5.41, 5.74) is -0.0194. The van der Waals surface area contributed by atoms with E-state index < -0.39 is 28.8 Å². The molecular weight excluding hydrogens is 288 g/mol. The lowest BCUT2D eigenvalue weighted by atomic mass is 10.0. The zero-order chi connectivity index (χ0) is 16.9. The van der Waals surface area contributed by atoms with E-state index in [9.17, 15) is 20.0 Å². The molecule has 0 radical (unpaired) electrons. The molecule has 2 atom stereocenters. The monoisotopic (exact) mass is 310 g/mol. The van der Waals surface area contributed by atoms with Crippen molar-refractivity contribution in [2.24, 2.45) is 0 Å². The second kappa shape index (κ2) is 7.22. The van der Waals surface area contributed by atoms with Crippen molar-refractivity contribution in [1.82, 2.24) is 5.32 Å². The Bertz CT molecular complexity index is 537. The Morgan fingerprint density at radius 1 is 1.45 bits per heavy atom. The molecule has 1 amide bonds. The van der Waals surface area contributed by atoms with Crippen molar-refractivity contribution < 1.29 is 19.6 Å². The number of ether oxygens (including phenoxy) is 1. The van der Waals surface area contributed by atoms with Crippen molar-refractivity contribution in [3.63, 3.8) is 0 Å². The van der Waals surface area contributed by atoms with Crippen molar-refractivity contribution in [3.8, 4) is 0 Å². The molecule has 0 aliphatic heterocycles. The van der Waals surface area contributed by atoms with Crippen LogP contribution < -0.4 is 5.32 Å². The predicted molar refractivity (Wildman–Crippen MR) is 81.6 cm³/mol. The zero-order valence-corrected chi connectivity index (χ0v) is 13.2. The fraction of sp³-hybridized carbons (Fsp3) is 0.533. The number of hydrogen-bond acceptors (Lipinski definition) is 5. The highest BCUT2D eigenvalue weighted by molar-refractivity contribution is 5.68. The van der Waals surface area contributed by atoms with Crippen LogP contribution in [-0.2, 0) is 11.2 Å². The summed E-state index contributed by atoms with van der Waals surface area (Å²) >= 11 is 0. The maximum absolute atomic E-state index is 11.8. The lowest BCUT2D eigenvalue weighted by molar-refractivity contribution is -0.384. The van der Waals surface area contributed by atoms with Crippen molar-refractivity contribution in [2.45, 2.75) is 51.9 Å². The second-order valence-electron chi connectivity index (χ2n) is 6.12. The molecule has 0 aliphatic rings. The lowest BCUT2D eigenvalue weighted by Gasteiger charge is -2.25. The van der Waals surface area contributed by atoms with Crippen LogP contribution in [0.2, 0.25) is 0 Å². The molecule has 1 aromatic carbocycles. The van der Waals surface area contributed by atoms with E-state index in [1.165, 1.54) is 12.1 Å². The maximum Gasteiger partial charge on any atom is 0.407 e. The number of hydrogen-bond donors (Lipinski definition) is 2. The molecule has 2 N–H and O–H groups in total. The summed E-state index contributed by atoms with van der Waals surface area (Å²) in [6.45, 7) is 6.76. The van der Waals surface area contributed by atoms with Crippen LogP contribution in [0, 0.1) is 10.1 Å². The average molecular weight is 310 g/mol. The van der Waals surface area contributed by atoms with E-state index in [2.05, 4.69) is 5.32 Å². The molecule has 0 saturated heterocycles. The van der Waals surface area contributed by atoms with Gasteiger partial charge < -0.3 is 15.2 Å². The van der Waals surface area contributed by atoms with Gasteiger partial charge in [-0.15, -0.1) is 0 Å². The lowest BCUT2D eigenvalue weighted by Crippen LogP contribution is -2.45. The Hall–Kier alpha value is -2.15. The topological polar surface area (TPSA) is 102 Å². The largest absolute Gasteiger partial charge is 0.444 e. The van der Waals surface area contributed by atoms with Crippen LogP contribution in [-0.4, -0.2) is 33.9 Å². The Morgan fingerprint density at radius 3 is 2.59 bits per heavy atom. The van der Waals surface area contributed by atoms with Gasteiger partial charge in [0, 0.05) is 12.1 Å². The van der Waals surface area contributed by atoms with Gasteiger partial charge in [-0.2, -0.15) is 0 Å². The Kier molecular flexibility index (Phi) is 5.87. The van der Waals surface area contributed by atoms with Gasteiger partial charge in [-0.25, -0.2) is 4.79 Å². The number of nitro benzene ring substituents is 1. The SMILES string of the molecule is CC(O)C(Cc1cccc([N+](=O)[O-])c1)NC(=O)OC(C)(C)C. The number of non-ortho nitro benzene ring substituents is 1. The van der Waals surface area contributed by atoms with E-state index >= 15 is 0 Å². The molecule has 122 valence electrons. The van der Waals surface area contributed by atoms with Gasteiger partial charge in [0.25, 0.3) is 5.69 Å². The number of alkyl carbamates (subject to hydrolysis) is 1. The Balaban J connectivity index is 2.78. The molecule has 0 spiro atoms. The van der Waals surface area contributed by atoms with Gasteiger partial charge in [-0.05, 0) is 39.7 Å². The predicted octanol–water partition coefficient (Wildman–Crippen LogP) is 2.41. The number of nitro groups is 1. The first-order valence-electron chi connectivity index (χ1n) is 6.99. The van der Waals surface area contributed by atoms with E-state index in [0.717, 1.165) is 0 Å². The summed E-state index contributed by atoms with van der Waals surface area (Å²) in [6, 6.07) is 5.49. The van der Waals surface area contributed by atoms with Gasteiger partial charge in [0.1, 0.15) is 5.60 Å². The number of rotatable bonds is 5. The van der Waals surface area contributed by atoms with Crippen LogP contribution in [0.25, 0.3) is 0 Å². The second-order valence-corrected chi connectivity index (χ2v) is 6.12. The van der Waals surface area contributed by atoms with Crippen LogP contribution in [0.5, 0.6) is 0 Å². The minimum absolute atomic E-state index is 0.0286. The summed E-state index contributed by atoms with van der Waals surface area (Å²) in [5.74, 6) is 0. The molecule has 0 aromatic heterocycles. The average Bonchev–Trinajstić information content (AvgIpc) is 2.35. The van der Waals surface area contributed by atoms with Gasteiger partial charge in [-0.1, -0.05) is 12.1 Å². The molecule has 0 saturated carbocycles. The standard InChI is InChI=1S/C15H22N2O5/c1-10(18)13(16-14(19)22-15(2,3)4)9-11-6-5-7-12(8-11)17(20)21/h5-8,10,13,18H,9H2,1-4H3,(H,16,19). The van der Waals surface area contributed by atoms with E-state index in [1.54, 1.807) is 39.8 Å². The van der Waals surface area contributed by atoms with Crippen LogP contribution in [0.4, 0.5) is 10.5 Å². The first-order chi connectivity index (χ1) is 10.1. The fourth-order valence-corrected chi connectivity index (χ4v) is 1.85. The Labute approximate surface area is 129 Å². The molecule has 22 heavy (non-hydrogen) atoms. The highest BCUT2D eigenvalue weighted by atomic mass is 16.6. The molecule has 0 bridgehead atoms. The third kappa shape index (κ3) is 6.09. The van der Waals surface area contributed by atoms with Crippen LogP contribution >= 0.6 is 0 Å². The molecule has 0 fully saturated rings. The number of carbonyl (C=O) groups excluding carboxylic acids is 1. The van der Waals surface area contributed by atoms with E-state index in [1.807, 2.05) is 0 Å². The van der Waals surface area contributed by atoms with Gasteiger partial charge in [-0.3, -0.25) is 10.1 Å². The minimum Gasteiger partial charge on any atom is -0.444 e. The molecule has 0 aliphatic carbocycles. The summed E-state index contributed by atoms with van der Waals surface area (Å²) in [5, 5.41) is 23.2. The number of carbonyl (C=O) groups is 1. The first kappa shape index (κ1) is 17.9. The molecule has 2 unspecified atom stereocenters. The van der Waals surface area contributed by atoms with Crippen LogP contribution in [0.3, 0.4) is 0 Å². The molecule has 1 aromatic rings. The number of nitrogens with zero attached hydrogens (tertiary/aromatic N) is 1. The smallest absolute Gasteiger partial charge is 0.407 e. The Morgan fingerprint density at radius 2 is 2.09 bits per heavy atom. The van der Waals surface area contributed by atoms with Gasteiger partial charge in [0.05, 0.1) is 17.1 Å². The van der Waals surface area contributed by atoms with Gasteiger partial charge in [0.2, 0.25) is 0 Å². The number of benzene rings is 1. The van der Waals surface area contributed by atoms with Gasteiger partial charge >= 0.3 is 6.09 Å². The van der Waals surface area contributed by atoms with Crippen LogP contribution in [0.1, 0.15) is 33.3 Å². The molecule has 7 nitrogen and oxygen atoms in total. The van der Waals surface area contributed by atoms with E-state index in [0.29, 0.717) is 5.56 Å². The van der Waals surface area contributed by atoms with Crippen LogP contribution in [0.15, 0.2) is 24.3 Å². The summed E-state index contributed by atoms with van der Waals surface area (Å²) in [7, 11) is 0. The summed E-state index contributed by atoms with van der Waals surface area (Å²) in [6.07, 6.45) is -1.20. The van der Waals surface area contributed by atoms with Gasteiger partial charge in [0.15, 0.2) is 0 Å². The van der Waals surface area contributed by atoms with E-state index in [-0.39, 0.29) is 12.1 Å². The number of nitrogens with one attached hydrogen (secondary N) is 1. The minimum atomic E-state index is -0.827. The molecular formula is C15H22N2O5. The summed E-state index contributed by atoms with van der Waals surface area (Å²) in [4.78, 5) is 22.1. The third-order valence-corrected chi connectivity index (χ3v) is 2.86. The summed E-state index contributed by atoms with van der Waals surface area (Å²) < 4.78 is 5.15. The van der Waals surface area contributed by atoms with E-state index in [4.69, 9.17) is 4.74 Å². The quantitative estimate of drug-likeness (QED) is 0.642. The first-order valence-corrected chi connectivity index (χ1v) is 6.99. The van der Waals surface area contributed by atoms with Crippen molar-refractivity contribution in [2.75, 3.05) is 0 Å². The normalized spacial score (nSPS) is 14.0. The molecule has 7 heteroatoms. The fourth-order valence-electron chi connectivity index (χ4n) is 1.85. The highest BCUT2D eigenvalue weighted by Crippen LogP contribution is 2.16. The van der Waals surface area contributed by atoms with Crippen molar-refractivity contribution in [1.29, 1.82) is 0 Å². The van der Waals surface area contributed by atoms with Crippen molar-refractivity contribution in [3.05, 3.63) is 39.9 Å². The van der Waals surface area contributed by atoms with Crippen molar-refractivity contribution >= 4 is 11.8 Å². The highest BCUT2D eigenvalue weighted by Gasteiger charge is 2.23. The zero-order valence-electron chi connectivity index (χ0n) is 13.2. The molecule has 0 heterocycles. The molecule has 1 rings (SSSR count). The third-order valence-electron chi connectivity index (χ3n) is 2.86. The number of aliphatic hydroxyl groups excluding tert-OH is 1. The number of amides is 1.